The SMILES string of the molecule is C[C@@H](Nc1nc(C(=N)NC=O)nc2nc(C(C)(O)c3ccccn3)n(C)c12)C1CCC1. The maximum Gasteiger partial charge on any atom is 0.212 e. The molecule has 10 heteroatoms. The van der Waals surface area contributed by atoms with Crippen molar-refractivity contribution in [1.29, 1.82) is 5.41 Å². The van der Waals surface area contributed by atoms with Crippen LogP contribution in [0, 0.1) is 11.3 Å². The summed E-state index contributed by atoms with van der Waals surface area (Å²) in [5.41, 5.74) is -0.0868. The van der Waals surface area contributed by atoms with Crippen LogP contribution in [0.5, 0.6) is 0 Å². The molecule has 31 heavy (non-hydrogen) atoms. The van der Waals surface area contributed by atoms with E-state index in [1.54, 1.807) is 42.9 Å². The number of fused-ring (bicyclic) bond motifs is 1. The average Bonchev–Trinajstić information content (AvgIpc) is 3.05. The molecule has 1 fully saturated rings. The van der Waals surface area contributed by atoms with Crippen LogP contribution in [0.4, 0.5) is 5.82 Å². The summed E-state index contributed by atoms with van der Waals surface area (Å²) >= 11 is 0. The Bertz CT molecular complexity index is 1120. The van der Waals surface area contributed by atoms with E-state index in [2.05, 4.69) is 37.5 Å². The van der Waals surface area contributed by atoms with E-state index in [1.165, 1.54) is 6.42 Å². The lowest BCUT2D eigenvalue weighted by atomic mass is 9.80. The number of hydrogen-bond acceptors (Lipinski definition) is 8. The van der Waals surface area contributed by atoms with Crippen LogP contribution >= 0.6 is 0 Å². The molecule has 3 aromatic rings. The van der Waals surface area contributed by atoms with Crippen molar-refractivity contribution in [1.82, 2.24) is 29.8 Å². The Morgan fingerprint density at radius 2 is 2.13 bits per heavy atom. The summed E-state index contributed by atoms with van der Waals surface area (Å²) in [6.07, 6.45) is 5.56. The fourth-order valence-electron chi connectivity index (χ4n) is 3.92. The molecule has 1 unspecified atom stereocenters. The third-order valence-electron chi connectivity index (χ3n) is 5.98. The maximum atomic E-state index is 11.3. The van der Waals surface area contributed by atoms with Gasteiger partial charge in [-0.2, -0.15) is 0 Å². The fraction of sp³-hybridized carbons (Fsp3) is 0.429. The summed E-state index contributed by atoms with van der Waals surface area (Å²) in [7, 11) is 1.79. The molecule has 0 aliphatic heterocycles. The van der Waals surface area contributed by atoms with E-state index in [9.17, 15) is 9.90 Å². The van der Waals surface area contributed by atoms with Crippen molar-refractivity contribution in [2.75, 3.05) is 5.32 Å². The van der Waals surface area contributed by atoms with E-state index in [-0.39, 0.29) is 17.7 Å². The summed E-state index contributed by atoms with van der Waals surface area (Å²) in [4.78, 5) is 28.5. The number of hydrogen-bond donors (Lipinski definition) is 4. The molecule has 1 saturated carbocycles. The Kier molecular flexibility index (Phi) is 5.40. The van der Waals surface area contributed by atoms with Crippen molar-refractivity contribution in [2.24, 2.45) is 13.0 Å². The predicted octanol–water partition coefficient (Wildman–Crippen LogP) is 1.69. The van der Waals surface area contributed by atoms with Crippen LogP contribution in [-0.4, -0.2) is 47.9 Å². The molecule has 162 valence electrons. The van der Waals surface area contributed by atoms with Gasteiger partial charge in [0.15, 0.2) is 28.7 Å². The largest absolute Gasteiger partial charge is 0.376 e. The zero-order chi connectivity index (χ0) is 22.2. The zero-order valence-corrected chi connectivity index (χ0v) is 17.8. The van der Waals surface area contributed by atoms with Crippen molar-refractivity contribution >= 4 is 29.2 Å². The van der Waals surface area contributed by atoms with E-state index >= 15 is 0 Å². The highest BCUT2D eigenvalue weighted by Gasteiger charge is 2.34. The van der Waals surface area contributed by atoms with Crippen molar-refractivity contribution < 1.29 is 9.90 Å². The van der Waals surface area contributed by atoms with Crippen LogP contribution in [0.25, 0.3) is 11.2 Å². The second kappa shape index (κ2) is 8.03. The first-order valence-electron chi connectivity index (χ1n) is 10.3. The van der Waals surface area contributed by atoms with Crippen LogP contribution in [0.2, 0.25) is 0 Å². The molecule has 3 heterocycles. The van der Waals surface area contributed by atoms with Crippen LogP contribution in [0.15, 0.2) is 24.4 Å². The summed E-state index contributed by atoms with van der Waals surface area (Å²) in [6, 6.07) is 5.49. The number of carbonyl (C=O) groups excluding carboxylic acids is 1. The highest BCUT2D eigenvalue weighted by molar-refractivity contribution is 6.00. The highest BCUT2D eigenvalue weighted by Crippen LogP contribution is 2.34. The van der Waals surface area contributed by atoms with Gasteiger partial charge in [-0.1, -0.05) is 12.5 Å². The number of pyridine rings is 1. The normalized spacial score (nSPS) is 16.9. The van der Waals surface area contributed by atoms with Crippen LogP contribution in [-0.2, 0) is 17.4 Å². The van der Waals surface area contributed by atoms with Gasteiger partial charge in [-0.3, -0.25) is 15.2 Å². The Morgan fingerprint density at radius 1 is 1.35 bits per heavy atom. The van der Waals surface area contributed by atoms with E-state index in [1.807, 2.05) is 0 Å². The minimum Gasteiger partial charge on any atom is -0.376 e. The minimum atomic E-state index is -1.47. The molecule has 1 aliphatic carbocycles. The number of nitrogens with one attached hydrogen (secondary N) is 3. The van der Waals surface area contributed by atoms with Gasteiger partial charge in [0, 0.05) is 19.3 Å². The number of aryl methyl sites for hydroxylation is 1. The van der Waals surface area contributed by atoms with E-state index in [0.717, 1.165) is 12.8 Å². The molecule has 0 bridgehead atoms. The number of amidine groups is 1. The van der Waals surface area contributed by atoms with E-state index < -0.39 is 5.60 Å². The van der Waals surface area contributed by atoms with Gasteiger partial charge in [-0.25, -0.2) is 15.0 Å². The second-order valence-electron chi connectivity index (χ2n) is 8.11. The minimum absolute atomic E-state index is 0.0463. The lowest BCUT2D eigenvalue weighted by Gasteiger charge is -2.32. The van der Waals surface area contributed by atoms with Gasteiger partial charge in [-0.05, 0) is 44.7 Å². The number of carbonyl (C=O) groups is 1. The van der Waals surface area contributed by atoms with Crippen LogP contribution in [0.3, 0.4) is 0 Å². The van der Waals surface area contributed by atoms with Crippen molar-refractivity contribution in [2.45, 2.75) is 44.8 Å². The van der Waals surface area contributed by atoms with Gasteiger partial charge < -0.3 is 20.3 Å². The molecule has 3 aromatic heterocycles. The van der Waals surface area contributed by atoms with Crippen LogP contribution in [0.1, 0.15) is 50.5 Å². The van der Waals surface area contributed by atoms with E-state index in [0.29, 0.717) is 40.8 Å². The first-order valence-corrected chi connectivity index (χ1v) is 10.3. The molecule has 4 N–H and O–H groups in total. The molecule has 2 atom stereocenters. The zero-order valence-electron chi connectivity index (χ0n) is 17.8. The fourth-order valence-corrected chi connectivity index (χ4v) is 3.92. The Labute approximate surface area is 179 Å². The van der Waals surface area contributed by atoms with Crippen molar-refractivity contribution in [3.05, 3.63) is 41.7 Å². The van der Waals surface area contributed by atoms with E-state index in [4.69, 9.17) is 5.41 Å². The number of rotatable bonds is 7. The quantitative estimate of drug-likeness (QED) is 0.258. The van der Waals surface area contributed by atoms with Crippen molar-refractivity contribution in [3.63, 3.8) is 0 Å². The van der Waals surface area contributed by atoms with Gasteiger partial charge in [0.2, 0.25) is 6.41 Å². The number of aromatic nitrogens is 5. The topological polar surface area (TPSA) is 142 Å². The number of aliphatic hydroxyl groups is 1. The summed E-state index contributed by atoms with van der Waals surface area (Å²) in [5, 5.41) is 25.1. The Hall–Kier alpha value is -3.40. The molecule has 1 aliphatic rings. The first kappa shape index (κ1) is 20.9. The molecular formula is C21H26N8O2. The molecule has 0 aromatic carbocycles. The Balaban J connectivity index is 1.85. The molecule has 4 rings (SSSR count). The summed E-state index contributed by atoms with van der Waals surface area (Å²) in [5.74, 6) is 1.23. The smallest absolute Gasteiger partial charge is 0.212 e. The number of nitrogens with zero attached hydrogens (tertiary/aromatic N) is 5. The third-order valence-corrected chi connectivity index (χ3v) is 5.98. The standard InChI is InChI=1S/C21H26N8O2/c1-12(13-7-6-8-13)25-17-15-18(27-19(26-17)16(22)24-11-30)28-20(29(15)3)21(2,31)14-9-4-5-10-23-14/h4-5,9-13,31H,6-8H2,1-3H3,(H2,22,24,30)(H,25,26,27)/t12-,21?/m1/s1. The van der Waals surface area contributed by atoms with Crippen molar-refractivity contribution in [3.8, 4) is 0 Å². The Morgan fingerprint density at radius 3 is 2.74 bits per heavy atom. The molecule has 10 nitrogen and oxygen atoms in total. The summed E-state index contributed by atoms with van der Waals surface area (Å²) < 4.78 is 1.75. The average molecular weight is 422 g/mol. The first-order chi connectivity index (χ1) is 14.8. The van der Waals surface area contributed by atoms with Gasteiger partial charge in [0.25, 0.3) is 0 Å². The third kappa shape index (κ3) is 3.74. The molecular weight excluding hydrogens is 396 g/mol. The molecule has 0 saturated heterocycles. The monoisotopic (exact) mass is 422 g/mol. The molecule has 0 spiro atoms. The predicted molar refractivity (Wildman–Crippen MR) is 116 cm³/mol. The second-order valence-corrected chi connectivity index (χ2v) is 8.11. The van der Waals surface area contributed by atoms with Gasteiger partial charge >= 0.3 is 0 Å². The lowest BCUT2D eigenvalue weighted by molar-refractivity contribution is -0.108. The molecule has 1 amide bonds. The van der Waals surface area contributed by atoms with Crippen LogP contribution < -0.4 is 10.6 Å². The van der Waals surface area contributed by atoms with Gasteiger partial charge in [0.05, 0.1) is 5.69 Å². The number of anilines is 1. The maximum absolute atomic E-state index is 11.3. The van der Waals surface area contributed by atoms with Gasteiger partial charge in [0.1, 0.15) is 11.3 Å². The van der Waals surface area contributed by atoms with Gasteiger partial charge in [-0.15, -0.1) is 0 Å². The number of amides is 1. The lowest BCUT2D eigenvalue weighted by Crippen LogP contribution is -2.32. The summed E-state index contributed by atoms with van der Waals surface area (Å²) in [6.45, 7) is 3.73. The number of imidazole rings is 1. The highest BCUT2D eigenvalue weighted by atomic mass is 16.3. The molecule has 0 radical (unpaired) electrons.